The van der Waals surface area contributed by atoms with Crippen LogP contribution in [0.15, 0.2) is 118 Å². The third kappa shape index (κ3) is 8.90. The Kier molecular flexibility index (Phi) is 13.9. The Morgan fingerprint density at radius 1 is 0.606 bits per heavy atom. The summed E-state index contributed by atoms with van der Waals surface area (Å²) in [6.07, 6.45) is 0. The van der Waals surface area contributed by atoms with Gasteiger partial charge < -0.3 is 34.1 Å². The van der Waals surface area contributed by atoms with Gasteiger partial charge in [-0.2, -0.15) is 15.8 Å². The second-order valence-corrected chi connectivity index (χ2v) is 16.8. The van der Waals surface area contributed by atoms with Gasteiger partial charge in [-0.25, -0.2) is 4.79 Å². The van der Waals surface area contributed by atoms with E-state index in [1.807, 2.05) is 86.9 Å². The molecule has 71 heavy (non-hydrogen) atoms. The lowest BCUT2D eigenvalue weighted by Gasteiger charge is -2.10. The molecule has 0 saturated carbocycles. The van der Waals surface area contributed by atoms with Gasteiger partial charge in [0.15, 0.2) is 11.3 Å². The Labute approximate surface area is 408 Å². The van der Waals surface area contributed by atoms with E-state index in [0.717, 1.165) is 85.0 Å². The van der Waals surface area contributed by atoms with Crippen LogP contribution in [0.3, 0.4) is 0 Å². The molecule has 0 saturated heterocycles. The van der Waals surface area contributed by atoms with Gasteiger partial charge in [-0.05, 0) is 125 Å². The number of nitro benzene ring substituents is 1. The maximum absolute atomic E-state index is 11.4. The fourth-order valence-corrected chi connectivity index (χ4v) is 9.22. The van der Waals surface area contributed by atoms with Gasteiger partial charge >= 0.3 is 11.4 Å². The van der Waals surface area contributed by atoms with E-state index in [9.17, 15) is 40.9 Å². The number of anilines is 1. The Bertz CT molecular complexity index is 3920. The van der Waals surface area contributed by atoms with Gasteiger partial charge in [0.05, 0.1) is 66.4 Å². The number of nitriles is 3. The Morgan fingerprint density at radius 2 is 1.00 bits per heavy atom. The number of aromatic hydroxyl groups is 2. The third-order valence-electron chi connectivity index (χ3n) is 12.4. The molecule has 6 aromatic carbocycles. The van der Waals surface area contributed by atoms with Crippen molar-refractivity contribution in [3.8, 4) is 63.5 Å². The van der Waals surface area contributed by atoms with Crippen LogP contribution in [0.1, 0.15) is 61.6 Å². The Morgan fingerprint density at radius 3 is 1.39 bits per heavy atom. The molecule has 15 nitrogen and oxygen atoms in total. The van der Waals surface area contributed by atoms with Crippen molar-refractivity contribution in [1.29, 1.82) is 15.8 Å². The standard InChI is InChI=1S/C19H15N3O2.C18H15N3O3.C18H17N3O.CH4/c1-3-22-16-8-11(2)4-6-13(16)14(10-20)18(22)12-5-7-17-15(9-12)21-19(23)24-17;1-3-20-15-8-11(2)4-6-13(15)14(10-19)18(20)12-5-7-17(22)16(9-12)21(23)24;1-3-21-16-8-11(2)4-6-13(16)14(10-19)18(21)12-5-7-17(22)15(20)9-12;/h4-9H,3H2,1-2H3,(H,21,23);4-9,22H,3H2,1-2H3;4-9,22H,3,20H2,1-2H3;1H4. The minimum absolute atomic E-state index is 0. The van der Waals surface area contributed by atoms with Crippen LogP contribution in [0.25, 0.3) is 77.6 Å². The van der Waals surface area contributed by atoms with Crippen molar-refractivity contribution in [3.63, 3.8) is 0 Å². The van der Waals surface area contributed by atoms with Crippen LogP contribution in [0.4, 0.5) is 11.4 Å². The largest absolute Gasteiger partial charge is 0.506 e. The topological polar surface area (TPSA) is 242 Å². The number of oxazole rings is 1. The molecule has 0 bridgehead atoms. The smallest absolute Gasteiger partial charge is 0.417 e. The number of nitrogens with one attached hydrogen (secondary N) is 1. The van der Waals surface area contributed by atoms with E-state index >= 15 is 0 Å². The Balaban J connectivity index is 0.000000156. The third-order valence-corrected chi connectivity index (χ3v) is 12.4. The quantitative estimate of drug-likeness (QED) is 0.0509. The summed E-state index contributed by atoms with van der Waals surface area (Å²) in [7, 11) is 0. The highest BCUT2D eigenvalue weighted by molar-refractivity contribution is 5.98. The average molecular weight is 946 g/mol. The number of aromatic amines is 1. The summed E-state index contributed by atoms with van der Waals surface area (Å²) in [6.45, 7) is 14.2. The molecule has 0 fully saturated rings. The first-order valence-electron chi connectivity index (χ1n) is 22.4. The predicted octanol–water partition coefficient (Wildman–Crippen LogP) is 12.5. The molecular formula is C56H51N9O6. The molecule has 5 N–H and O–H groups in total. The molecule has 356 valence electrons. The predicted molar refractivity (Wildman–Crippen MR) is 279 cm³/mol. The van der Waals surface area contributed by atoms with E-state index in [4.69, 9.17) is 10.2 Å². The number of nitrogens with zero attached hydrogens (tertiary/aromatic N) is 7. The van der Waals surface area contributed by atoms with Crippen molar-refractivity contribution in [2.24, 2.45) is 0 Å². The van der Waals surface area contributed by atoms with Crippen molar-refractivity contribution in [3.05, 3.63) is 163 Å². The number of rotatable bonds is 7. The normalized spacial score (nSPS) is 10.7. The van der Waals surface area contributed by atoms with Crippen molar-refractivity contribution in [1.82, 2.24) is 18.7 Å². The van der Waals surface area contributed by atoms with Gasteiger partial charge in [-0.3, -0.25) is 15.1 Å². The molecule has 0 radical (unpaired) electrons. The van der Waals surface area contributed by atoms with Gasteiger partial charge in [-0.1, -0.05) is 43.8 Å². The molecule has 0 aliphatic heterocycles. The number of hydrogen-bond donors (Lipinski definition) is 4. The lowest BCUT2D eigenvalue weighted by molar-refractivity contribution is -0.385. The van der Waals surface area contributed by atoms with E-state index < -0.39 is 16.4 Å². The molecular weight excluding hydrogens is 895 g/mol. The minimum atomic E-state index is -0.631. The van der Waals surface area contributed by atoms with Crippen molar-refractivity contribution < 1.29 is 19.6 Å². The van der Waals surface area contributed by atoms with E-state index in [2.05, 4.69) is 58.3 Å². The number of benzene rings is 6. The first-order valence-corrected chi connectivity index (χ1v) is 22.4. The molecule has 0 amide bonds. The first kappa shape index (κ1) is 49.4. The summed E-state index contributed by atoms with van der Waals surface area (Å²) in [5.74, 6) is -0.816. The molecule has 10 rings (SSSR count). The second-order valence-electron chi connectivity index (χ2n) is 16.8. The highest BCUT2D eigenvalue weighted by Crippen LogP contribution is 2.39. The number of hydrogen-bond acceptors (Lipinski definition) is 10. The summed E-state index contributed by atoms with van der Waals surface area (Å²) in [5, 5.41) is 62.1. The van der Waals surface area contributed by atoms with E-state index in [0.29, 0.717) is 51.3 Å². The molecule has 15 heteroatoms. The van der Waals surface area contributed by atoms with Crippen molar-refractivity contribution in [2.75, 3.05) is 5.73 Å². The molecule has 0 aliphatic carbocycles. The fourth-order valence-electron chi connectivity index (χ4n) is 9.22. The van der Waals surface area contributed by atoms with Crippen molar-refractivity contribution in [2.45, 2.75) is 68.6 Å². The van der Waals surface area contributed by atoms with Gasteiger partial charge in [0.1, 0.15) is 24.0 Å². The zero-order valence-electron chi connectivity index (χ0n) is 39.2. The molecule has 4 heterocycles. The number of aryl methyl sites for hydroxylation is 6. The van der Waals surface area contributed by atoms with E-state index in [1.54, 1.807) is 30.3 Å². The number of nitrogens with two attached hydrogens (primary N) is 1. The molecule has 10 aromatic rings. The number of phenolic OH excluding ortho intramolecular Hbond substituents is 2. The van der Waals surface area contributed by atoms with Gasteiger partial charge in [0.25, 0.3) is 0 Å². The minimum Gasteiger partial charge on any atom is -0.506 e. The van der Waals surface area contributed by atoms with E-state index in [-0.39, 0.29) is 18.9 Å². The zero-order chi connectivity index (χ0) is 50.1. The summed E-state index contributed by atoms with van der Waals surface area (Å²) < 4.78 is 11.3. The van der Waals surface area contributed by atoms with Crippen LogP contribution in [0.2, 0.25) is 0 Å². The maximum Gasteiger partial charge on any atom is 0.417 e. The second kappa shape index (κ2) is 20.0. The molecule has 0 atom stereocenters. The lowest BCUT2D eigenvalue weighted by atomic mass is 10.0. The maximum atomic E-state index is 11.4. The molecule has 0 spiro atoms. The number of fused-ring (bicyclic) bond motifs is 4. The van der Waals surface area contributed by atoms with Crippen LogP contribution in [-0.4, -0.2) is 33.8 Å². The van der Waals surface area contributed by atoms with Crippen LogP contribution < -0.4 is 11.5 Å². The summed E-state index contributed by atoms with van der Waals surface area (Å²) >= 11 is 0. The number of aromatic nitrogens is 4. The fraction of sp³-hybridized carbons (Fsp3) is 0.179. The molecule has 4 aromatic heterocycles. The lowest BCUT2D eigenvalue weighted by Crippen LogP contribution is -1.98. The molecule has 0 unspecified atom stereocenters. The van der Waals surface area contributed by atoms with Crippen LogP contribution >= 0.6 is 0 Å². The molecule has 0 aliphatic rings. The summed E-state index contributed by atoms with van der Waals surface area (Å²) in [4.78, 5) is 24.5. The zero-order valence-corrected chi connectivity index (χ0v) is 39.2. The Hall–Kier alpha value is -9.52. The number of nitro groups is 1. The summed E-state index contributed by atoms with van der Waals surface area (Å²) in [6, 6.07) is 39.7. The van der Waals surface area contributed by atoms with Gasteiger partial charge in [0.2, 0.25) is 0 Å². The number of H-pyrrole nitrogens is 1. The van der Waals surface area contributed by atoms with Crippen LogP contribution in [0, 0.1) is 64.9 Å². The van der Waals surface area contributed by atoms with Gasteiger partial charge in [-0.15, -0.1) is 0 Å². The highest BCUT2D eigenvalue weighted by Gasteiger charge is 2.23. The van der Waals surface area contributed by atoms with Gasteiger partial charge in [0, 0.05) is 58.5 Å². The van der Waals surface area contributed by atoms with Crippen molar-refractivity contribution >= 4 is 55.2 Å². The highest BCUT2D eigenvalue weighted by atomic mass is 16.6. The SMILES string of the molecule is C.CCn1c(-c2ccc(O)c(N)c2)c(C#N)c2ccc(C)cc21.CCn1c(-c2ccc(O)c([N+](=O)[O-])c2)c(C#N)c2ccc(C)cc21.CCn1c(-c2ccc3oc(=O)[nH]c3c2)c(C#N)c2ccc(C)cc21. The van der Waals surface area contributed by atoms with Crippen LogP contribution in [-0.2, 0) is 19.6 Å². The monoisotopic (exact) mass is 945 g/mol. The number of phenols is 2. The van der Waals surface area contributed by atoms with Crippen LogP contribution in [0.5, 0.6) is 11.5 Å². The van der Waals surface area contributed by atoms with E-state index in [1.165, 1.54) is 12.1 Å². The number of nitrogen functional groups attached to an aromatic ring is 1. The summed E-state index contributed by atoms with van der Waals surface area (Å²) in [5.41, 5.74) is 19.6. The first-order chi connectivity index (χ1) is 33.7. The average Bonchev–Trinajstić information content (AvgIpc) is 4.07.